The van der Waals surface area contributed by atoms with Gasteiger partial charge < -0.3 is 11.5 Å². The second kappa shape index (κ2) is 29.5. The summed E-state index contributed by atoms with van der Waals surface area (Å²) in [4.78, 5) is 0. The summed E-state index contributed by atoms with van der Waals surface area (Å²) in [5.41, 5.74) is 10.4. The van der Waals surface area contributed by atoms with E-state index < -0.39 is 16.5 Å². The molecule has 0 fully saturated rings. The van der Waals surface area contributed by atoms with Crippen molar-refractivity contribution in [3.63, 3.8) is 0 Å². The van der Waals surface area contributed by atoms with Crippen molar-refractivity contribution in [3.8, 4) is 0 Å². The van der Waals surface area contributed by atoms with E-state index in [4.69, 9.17) is 30.3 Å². The van der Waals surface area contributed by atoms with E-state index in [9.17, 15) is 0 Å². The number of hydrogen-bond acceptors (Lipinski definition) is 2. The van der Waals surface area contributed by atoms with Gasteiger partial charge in [0.2, 0.25) is 0 Å². The van der Waals surface area contributed by atoms with Crippen LogP contribution in [0.5, 0.6) is 0 Å². The van der Waals surface area contributed by atoms with Crippen LogP contribution in [0.1, 0.15) is 52.4 Å². The second-order valence-corrected chi connectivity index (χ2v) is 6.32. The molecule has 0 aliphatic heterocycles. The Balaban J connectivity index is -0.000000153. The Kier molecular flexibility index (Phi) is 42.2. The molecule has 100 valence electrons. The summed E-state index contributed by atoms with van der Waals surface area (Å²) in [6.07, 6.45) is 7.51. The topological polar surface area (TPSA) is 52.0 Å². The molecule has 0 aliphatic rings. The van der Waals surface area contributed by atoms with E-state index in [1.807, 2.05) is 0 Å². The van der Waals surface area contributed by atoms with Crippen LogP contribution >= 0.6 is 18.8 Å². The normalized spacial score (nSPS) is 8.67. The Hall–Kier alpha value is 1.19. The molecule has 5 heteroatoms. The van der Waals surface area contributed by atoms with E-state index in [2.05, 4.69) is 13.8 Å². The zero-order chi connectivity index (χ0) is 12.4. The van der Waals surface area contributed by atoms with E-state index >= 15 is 0 Å². The van der Waals surface area contributed by atoms with Gasteiger partial charge in [0.1, 0.15) is 0 Å². The van der Waals surface area contributed by atoms with Gasteiger partial charge in [0.05, 0.1) is 0 Å². The summed E-state index contributed by atoms with van der Waals surface area (Å²) in [6.45, 7) is 6.06. The van der Waals surface area contributed by atoms with Crippen molar-refractivity contribution < 1.29 is 16.5 Å². The first-order valence-electron chi connectivity index (χ1n) is 5.47. The van der Waals surface area contributed by atoms with Gasteiger partial charge in [0.15, 0.2) is 0 Å². The maximum atomic E-state index is 5.21. The molecule has 0 atom stereocenters. The summed E-state index contributed by atoms with van der Waals surface area (Å²) < 4.78 is 0. The Bertz CT molecular complexity index is 62.4. The van der Waals surface area contributed by atoms with Gasteiger partial charge in [-0.1, -0.05) is 39.5 Å². The summed E-state index contributed by atoms with van der Waals surface area (Å²) >= 11 is -0.472. The summed E-state index contributed by atoms with van der Waals surface area (Å²) in [6, 6.07) is 0. The van der Waals surface area contributed by atoms with Crippen molar-refractivity contribution in [2.45, 2.75) is 52.4 Å². The molecule has 0 bridgehead atoms. The molecular formula is C10H26Cl2N2Pt. The molecule has 0 saturated carbocycles. The van der Waals surface area contributed by atoms with Gasteiger partial charge in [-0.3, -0.25) is 0 Å². The van der Waals surface area contributed by atoms with Gasteiger partial charge in [-0.25, -0.2) is 0 Å². The minimum atomic E-state index is -0.472. The van der Waals surface area contributed by atoms with Crippen LogP contribution in [-0.4, -0.2) is 13.1 Å². The average Bonchev–Trinajstić information content (AvgIpc) is 2.25. The van der Waals surface area contributed by atoms with Gasteiger partial charge in [-0.15, -0.1) is 0 Å². The van der Waals surface area contributed by atoms with Crippen LogP contribution in [0, 0.1) is 0 Å². The number of unbranched alkanes of at least 4 members (excludes halogenated alkanes) is 4. The third-order valence-corrected chi connectivity index (χ3v) is 1.62. The second-order valence-electron chi connectivity index (χ2n) is 3.04. The SMILES string of the molecule is CCCCCN.CCCCCN.[Cl][Pt][Cl]. The molecule has 2 nitrogen and oxygen atoms in total. The van der Waals surface area contributed by atoms with E-state index in [1.54, 1.807) is 0 Å². The van der Waals surface area contributed by atoms with Crippen molar-refractivity contribution >= 4 is 18.8 Å². The number of hydrogen-bond donors (Lipinski definition) is 2. The fourth-order valence-electron chi connectivity index (χ4n) is 0.789. The van der Waals surface area contributed by atoms with E-state index in [-0.39, 0.29) is 0 Å². The molecular weight excluding hydrogens is 414 g/mol. The zero-order valence-electron chi connectivity index (χ0n) is 9.88. The molecule has 0 aromatic carbocycles. The summed E-state index contributed by atoms with van der Waals surface area (Å²) in [5, 5.41) is 0. The fourth-order valence-corrected chi connectivity index (χ4v) is 0.789. The molecule has 0 rings (SSSR count). The molecule has 15 heavy (non-hydrogen) atoms. The minimum absolute atomic E-state index is 0.472. The zero-order valence-corrected chi connectivity index (χ0v) is 13.7. The molecule has 0 aliphatic carbocycles. The van der Waals surface area contributed by atoms with Gasteiger partial charge >= 0.3 is 35.3 Å². The third kappa shape index (κ3) is 51.1. The van der Waals surface area contributed by atoms with Crippen molar-refractivity contribution in [3.05, 3.63) is 0 Å². The Morgan fingerprint density at radius 2 is 1.07 bits per heavy atom. The van der Waals surface area contributed by atoms with Crippen LogP contribution in [-0.2, 0) is 16.5 Å². The van der Waals surface area contributed by atoms with Gasteiger partial charge in [-0.2, -0.15) is 0 Å². The molecule has 0 unspecified atom stereocenters. The quantitative estimate of drug-likeness (QED) is 0.620. The van der Waals surface area contributed by atoms with Crippen LogP contribution in [0.2, 0.25) is 0 Å². The van der Waals surface area contributed by atoms with Crippen LogP contribution < -0.4 is 11.5 Å². The fraction of sp³-hybridized carbons (Fsp3) is 1.00. The maximum absolute atomic E-state index is 5.21. The molecule has 0 amide bonds. The monoisotopic (exact) mass is 439 g/mol. The van der Waals surface area contributed by atoms with Crippen molar-refractivity contribution in [2.24, 2.45) is 11.5 Å². The van der Waals surface area contributed by atoms with E-state index in [1.165, 1.54) is 38.5 Å². The number of halogens is 2. The molecule has 0 radical (unpaired) electrons. The Morgan fingerprint density at radius 1 is 0.800 bits per heavy atom. The van der Waals surface area contributed by atoms with Crippen LogP contribution in [0.3, 0.4) is 0 Å². The predicted octanol–water partition coefficient (Wildman–Crippen LogP) is 3.65. The molecule has 0 spiro atoms. The molecule has 0 saturated heterocycles. The average molecular weight is 440 g/mol. The van der Waals surface area contributed by atoms with Gasteiger partial charge in [0.25, 0.3) is 0 Å². The first kappa shape index (κ1) is 21.5. The van der Waals surface area contributed by atoms with E-state index in [0.29, 0.717) is 0 Å². The molecule has 0 aromatic heterocycles. The van der Waals surface area contributed by atoms with Crippen LogP contribution in [0.25, 0.3) is 0 Å². The number of rotatable bonds is 6. The molecule has 4 N–H and O–H groups in total. The van der Waals surface area contributed by atoms with Crippen LogP contribution in [0.15, 0.2) is 0 Å². The summed E-state index contributed by atoms with van der Waals surface area (Å²) in [7, 11) is 9.75. The van der Waals surface area contributed by atoms with Gasteiger partial charge in [0, 0.05) is 0 Å². The predicted molar refractivity (Wildman–Crippen MR) is 68.9 cm³/mol. The molecule has 0 aromatic rings. The Labute approximate surface area is 112 Å². The van der Waals surface area contributed by atoms with Crippen LogP contribution in [0.4, 0.5) is 0 Å². The van der Waals surface area contributed by atoms with E-state index in [0.717, 1.165) is 13.1 Å². The standard InChI is InChI=1S/2C5H13N.2ClH.Pt/c2*1-2-3-4-5-6;;;/h2*2-6H2,1H3;2*1H;/q;;;;+2/p-2. The Morgan fingerprint density at radius 3 is 1.13 bits per heavy atom. The molecule has 0 heterocycles. The van der Waals surface area contributed by atoms with Crippen molar-refractivity contribution in [1.82, 2.24) is 0 Å². The third-order valence-electron chi connectivity index (χ3n) is 1.62. The van der Waals surface area contributed by atoms with Crippen molar-refractivity contribution in [1.29, 1.82) is 0 Å². The first-order valence-corrected chi connectivity index (χ1v) is 11.1. The summed E-state index contributed by atoms with van der Waals surface area (Å²) in [5.74, 6) is 0. The number of nitrogens with two attached hydrogens (primary N) is 2. The first-order chi connectivity index (χ1) is 7.24. The van der Waals surface area contributed by atoms with Crippen molar-refractivity contribution in [2.75, 3.05) is 13.1 Å². The van der Waals surface area contributed by atoms with Gasteiger partial charge in [-0.05, 0) is 25.9 Å².